The normalized spacial score (nSPS) is 20.9. The first-order valence-corrected chi connectivity index (χ1v) is 26.5. The molecule has 16 N–H and O–H groups in total. The third kappa shape index (κ3) is 16.9. The molecule has 1 aliphatic heterocycles. The smallest absolute Gasteiger partial charge is 0.326 e. The standard InChI is InChI=1S/C50H68N16O9S/c1-76-19-16-37(50(74)75)58-47(71)41-23-32-26-66(65-64-32)27-42(63-43(67)34(53)13-7-8-17-51)49(73)62-40(22-31-25-54-28-56-31)48(72)59-38(20-29-10-3-2-4-11-29)45(69)57-36(15-9-18-52)44(68)60-39(46(70)61-41)21-30-24-55-35-14-6-5-12-33(30)35/h2-6,10-12,14,24-26,28,34,36-42,55H,7-9,13,15-23,27,51-53H2,1H3,(H,54,56)(H,57,69)(H,58,71)(H,59,72)(H,60,68)(H,61,70)(H,62,73)(H,63,67)(H,74,75)/t34-,36-,37-,38+,39-,40-,41-,42-/m0/s1. The number of aromatic nitrogens is 6. The minimum Gasteiger partial charge on any atom is -0.480 e. The van der Waals surface area contributed by atoms with Gasteiger partial charge in [0.25, 0.3) is 0 Å². The van der Waals surface area contributed by atoms with Crippen LogP contribution in [0.25, 0.3) is 10.9 Å². The molecule has 0 radical (unpaired) electrons. The molecule has 1 aliphatic rings. The van der Waals surface area contributed by atoms with Gasteiger partial charge in [-0.3, -0.25) is 33.6 Å². The zero-order valence-electron chi connectivity index (χ0n) is 42.2. The third-order valence-corrected chi connectivity index (χ3v) is 13.4. The number of para-hydroxylation sites is 1. The summed E-state index contributed by atoms with van der Waals surface area (Å²) in [4.78, 5) is 124. The molecule has 6 rings (SSSR count). The maximum atomic E-state index is 14.8. The van der Waals surface area contributed by atoms with E-state index in [1.807, 2.05) is 24.3 Å². The van der Waals surface area contributed by atoms with Gasteiger partial charge in [0.15, 0.2) is 0 Å². The molecule has 0 unspecified atom stereocenters. The molecule has 408 valence electrons. The summed E-state index contributed by atoms with van der Waals surface area (Å²) in [5, 5.41) is 38.3. The van der Waals surface area contributed by atoms with Crippen LogP contribution in [-0.4, -0.2) is 156 Å². The van der Waals surface area contributed by atoms with Crippen molar-refractivity contribution in [1.29, 1.82) is 0 Å². The highest BCUT2D eigenvalue weighted by atomic mass is 32.2. The van der Waals surface area contributed by atoms with E-state index in [1.54, 1.807) is 42.8 Å². The zero-order chi connectivity index (χ0) is 54.6. The first-order valence-electron chi connectivity index (χ1n) is 25.1. The van der Waals surface area contributed by atoms with Gasteiger partial charge in [0.05, 0.1) is 24.6 Å². The van der Waals surface area contributed by atoms with Crippen LogP contribution < -0.4 is 54.4 Å². The van der Waals surface area contributed by atoms with Gasteiger partial charge in [-0.1, -0.05) is 60.2 Å². The molecular weight excluding hydrogens is 1000 g/mol. The SMILES string of the molecule is CSCC[C@H](NC(=O)[C@@H]1Cc2cn(nn2)C[C@H](NC(=O)[C@@H](N)CCCCN)C(=O)N[C@@H](Cc2cnc[nH]2)C(=O)N[C@H](Cc2ccccc2)C(=O)N[C@@H](CCCN)C(=O)N[C@@H](Cc2c[nH]c3ccccc23)C(=O)N1)C(=O)O. The van der Waals surface area contributed by atoms with Gasteiger partial charge in [-0.15, -0.1) is 5.10 Å². The van der Waals surface area contributed by atoms with E-state index in [-0.39, 0.29) is 70.2 Å². The Morgan fingerprint density at radius 3 is 2.14 bits per heavy atom. The molecule has 0 spiro atoms. The molecule has 0 aliphatic carbocycles. The zero-order valence-corrected chi connectivity index (χ0v) is 43.0. The van der Waals surface area contributed by atoms with E-state index < -0.39 is 95.7 Å². The Balaban J connectivity index is 1.45. The van der Waals surface area contributed by atoms with Crippen LogP contribution in [0, 0.1) is 0 Å². The lowest BCUT2D eigenvalue weighted by molar-refractivity contribution is -0.142. The molecule has 3 aromatic heterocycles. The number of carboxylic acid groups (broad SMARTS) is 1. The molecule has 26 heteroatoms. The predicted molar refractivity (Wildman–Crippen MR) is 281 cm³/mol. The fourth-order valence-electron chi connectivity index (χ4n) is 8.57. The first-order chi connectivity index (χ1) is 36.6. The highest BCUT2D eigenvalue weighted by Gasteiger charge is 2.36. The van der Waals surface area contributed by atoms with Crippen molar-refractivity contribution in [3.05, 3.63) is 102 Å². The quantitative estimate of drug-likeness (QED) is 0.0360. The Hall–Kier alpha value is -7.68. The number of nitrogens with two attached hydrogens (primary N) is 3. The van der Waals surface area contributed by atoms with E-state index in [9.17, 15) is 43.5 Å². The monoisotopic (exact) mass is 1070 g/mol. The van der Waals surface area contributed by atoms with Gasteiger partial charge in [0.1, 0.15) is 42.3 Å². The molecule has 0 saturated carbocycles. The predicted octanol–water partition coefficient (Wildman–Crippen LogP) is -1.81. The Kier molecular flexibility index (Phi) is 21.9. The van der Waals surface area contributed by atoms with Crippen LogP contribution in [0.1, 0.15) is 61.0 Å². The molecule has 4 heterocycles. The molecule has 76 heavy (non-hydrogen) atoms. The van der Waals surface area contributed by atoms with Gasteiger partial charge in [-0.25, -0.2) is 14.5 Å². The van der Waals surface area contributed by atoms with Gasteiger partial charge < -0.3 is 69.5 Å². The molecular formula is C50H68N16O9S. The average molecular weight is 1070 g/mol. The number of benzene rings is 2. The van der Waals surface area contributed by atoms with Gasteiger partial charge in [0.2, 0.25) is 41.4 Å². The number of carbonyl (C=O) groups is 8. The van der Waals surface area contributed by atoms with E-state index in [0.717, 1.165) is 10.9 Å². The number of unbranched alkanes of at least 4 members (excludes halogenated alkanes) is 1. The van der Waals surface area contributed by atoms with Crippen molar-refractivity contribution >= 4 is 70.0 Å². The highest BCUT2D eigenvalue weighted by Crippen LogP contribution is 2.20. The Labute approximate surface area is 442 Å². The fraction of sp³-hybridized carbons (Fsp3) is 0.460. The summed E-state index contributed by atoms with van der Waals surface area (Å²) in [5.41, 5.74) is 20.4. The number of H-pyrrole nitrogens is 2. The Morgan fingerprint density at radius 1 is 0.789 bits per heavy atom. The number of carbonyl (C=O) groups excluding carboxylic acids is 7. The van der Waals surface area contributed by atoms with Gasteiger partial charge in [0, 0.05) is 60.9 Å². The number of rotatable bonds is 21. The van der Waals surface area contributed by atoms with E-state index in [0.29, 0.717) is 42.0 Å². The molecule has 5 aromatic rings. The van der Waals surface area contributed by atoms with Gasteiger partial charge in [-0.2, -0.15) is 11.8 Å². The largest absolute Gasteiger partial charge is 0.480 e. The van der Waals surface area contributed by atoms with Gasteiger partial charge >= 0.3 is 5.97 Å². The number of carboxylic acids is 1. The van der Waals surface area contributed by atoms with Crippen LogP contribution in [0.15, 0.2) is 79.5 Å². The summed E-state index contributed by atoms with van der Waals surface area (Å²) in [6.45, 7) is 0.107. The summed E-state index contributed by atoms with van der Waals surface area (Å²) in [6, 6.07) is 5.18. The van der Waals surface area contributed by atoms with Crippen molar-refractivity contribution in [3.8, 4) is 0 Å². The summed E-state index contributed by atoms with van der Waals surface area (Å²) in [6.07, 6.45) is 8.61. The van der Waals surface area contributed by atoms with E-state index in [4.69, 9.17) is 17.2 Å². The summed E-state index contributed by atoms with van der Waals surface area (Å²) < 4.78 is 1.21. The molecule has 2 bridgehead atoms. The van der Waals surface area contributed by atoms with Crippen LogP contribution in [-0.2, 0) is 70.6 Å². The van der Waals surface area contributed by atoms with Crippen LogP contribution in [0.4, 0.5) is 0 Å². The number of nitrogens with zero attached hydrogens (tertiary/aromatic N) is 4. The van der Waals surface area contributed by atoms with Crippen molar-refractivity contribution in [2.45, 2.75) is 119 Å². The Morgan fingerprint density at radius 2 is 1.45 bits per heavy atom. The summed E-state index contributed by atoms with van der Waals surface area (Å²) in [5.74, 6) is -6.60. The van der Waals surface area contributed by atoms with Crippen molar-refractivity contribution in [2.24, 2.45) is 17.2 Å². The number of aliphatic carboxylic acids is 1. The number of fused-ring (bicyclic) bond motifs is 3. The van der Waals surface area contributed by atoms with Crippen molar-refractivity contribution < 1.29 is 43.5 Å². The molecule has 0 saturated heterocycles. The fourth-order valence-corrected chi connectivity index (χ4v) is 9.04. The molecule has 0 fully saturated rings. The van der Waals surface area contributed by atoms with Crippen molar-refractivity contribution in [1.82, 2.24) is 67.2 Å². The molecule has 8 atom stereocenters. The second kappa shape index (κ2) is 28.8. The number of thioether (sulfide) groups is 1. The van der Waals surface area contributed by atoms with Gasteiger partial charge in [-0.05, 0) is 74.4 Å². The lowest BCUT2D eigenvalue weighted by Gasteiger charge is -2.28. The topological polar surface area (TPSA) is 394 Å². The lowest BCUT2D eigenvalue weighted by atomic mass is 10.0. The number of nitrogens with one attached hydrogen (secondary N) is 9. The van der Waals surface area contributed by atoms with E-state index in [2.05, 4.69) is 62.5 Å². The molecule has 2 aromatic carbocycles. The van der Waals surface area contributed by atoms with Crippen LogP contribution in [0.3, 0.4) is 0 Å². The minimum atomic E-state index is -1.53. The molecule has 25 nitrogen and oxygen atoms in total. The van der Waals surface area contributed by atoms with Crippen molar-refractivity contribution in [3.63, 3.8) is 0 Å². The minimum absolute atomic E-state index is 0.00287. The van der Waals surface area contributed by atoms with E-state index >= 15 is 0 Å². The second-order valence-electron chi connectivity index (χ2n) is 18.5. The summed E-state index contributed by atoms with van der Waals surface area (Å²) in [7, 11) is 0. The third-order valence-electron chi connectivity index (χ3n) is 12.8. The van der Waals surface area contributed by atoms with Crippen LogP contribution >= 0.6 is 11.8 Å². The average Bonchev–Trinajstić information content (AvgIpc) is 4.20. The second-order valence-corrected chi connectivity index (χ2v) is 19.5. The van der Waals surface area contributed by atoms with Crippen LogP contribution in [0.2, 0.25) is 0 Å². The maximum absolute atomic E-state index is 14.8. The maximum Gasteiger partial charge on any atom is 0.326 e. The van der Waals surface area contributed by atoms with Crippen LogP contribution in [0.5, 0.6) is 0 Å². The highest BCUT2D eigenvalue weighted by molar-refractivity contribution is 7.98. The number of hydrogen-bond acceptors (Lipinski definition) is 15. The molecule has 7 amide bonds. The Bertz CT molecular complexity index is 2740. The number of amides is 7. The number of aromatic amines is 2. The van der Waals surface area contributed by atoms with Crippen molar-refractivity contribution in [2.75, 3.05) is 25.1 Å². The number of hydrogen-bond donors (Lipinski definition) is 13. The number of imidazole rings is 1. The first kappa shape index (κ1) is 57.6. The van der Waals surface area contributed by atoms with E-state index in [1.165, 1.54) is 35.2 Å². The summed E-state index contributed by atoms with van der Waals surface area (Å²) >= 11 is 1.37. The lowest BCUT2D eigenvalue weighted by Crippen LogP contribution is -2.61.